The maximum atomic E-state index is 12.3. The van der Waals surface area contributed by atoms with Gasteiger partial charge in [0.2, 0.25) is 10.0 Å². The van der Waals surface area contributed by atoms with Gasteiger partial charge in [-0.2, -0.15) is 13.2 Å². The van der Waals surface area contributed by atoms with E-state index in [-0.39, 0.29) is 4.90 Å². The minimum absolute atomic E-state index is 0.0504. The highest BCUT2D eigenvalue weighted by molar-refractivity contribution is 7.89. The normalized spacial score (nSPS) is 14.4. The van der Waals surface area contributed by atoms with E-state index in [0.717, 1.165) is 11.4 Å². The van der Waals surface area contributed by atoms with Crippen LogP contribution >= 0.6 is 11.3 Å². The van der Waals surface area contributed by atoms with Crippen molar-refractivity contribution in [2.24, 2.45) is 0 Å². The summed E-state index contributed by atoms with van der Waals surface area (Å²) in [6.45, 7) is 6.06. The van der Waals surface area contributed by atoms with E-state index in [2.05, 4.69) is 10.0 Å². The highest BCUT2D eigenvalue weighted by Crippen LogP contribution is 2.27. The minimum atomic E-state index is -4.40. The first kappa shape index (κ1) is 18.4. The van der Waals surface area contributed by atoms with Gasteiger partial charge in [0.25, 0.3) is 0 Å². The predicted molar refractivity (Wildman–Crippen MR) is 76.9 cm³/mol. The molecule has 0 bridgehead atoms. The van der Waals surface area contributed by atoms with Gasteiger partial charge in [0.05, 0.1) is 11.3 Å². The van der Waals surface area contributed by atoms with Gasteiger partial charge in [-0.3, -0.25) is 0 Å². The zero-order valence-corrected chi connectivity index (χ0v) is 13.7. The lowest BCUT2D eigenvalue weighted by Gasteiger charge is -2.15. The third kappa shape index (κ3) is 5.93. The molecule has 0 aliphatic heterocycles. The molecule has 122 valence electrons. The van der Waals surface area contributed by atoms with Crippen molar-refractivity contribution >= 4 is 21.4 Å². The van der Waals surface area contributed by atoms with Crippen molar-refractivity contribution in [3.8, 4) is 0 Å². The molecule has 1 unspecified atom stereocenters. The molecule has 0 aliphatic carbocycles. The van der Waals surface area contributed by atoms with Gasteiger partial charge >= 0.3 is 6.18 Å². The Labute approximate surface area is 126 Å². The molecule has 4 nitrogen and oxygen atoms in total. The van der Waals surface area contributed by atoms with Crippen molar-refractivity contribution in [2.75, 3.05) is 6.54 Å². The van der Waals surface area contributed by atoms with Crippen molar-refractivity contribution in [3.05, 3.63) is 15.8 Å². The van der Waals surface area contributed by atoms with E-state index in [9.17, 15) is 21.6 Å². The average molecular weight is 344 g/mol. The van der Waals surface area contributed by atoms with E-state index in [1.54, 1.807) is 6.92 Å². The maximum absolute atomic E-state index is 12.3. The molecule has 0 fully saturated rings. The Balaban J connectivity index is 2.85. The number of nitrogens with one attached hydrogen (secondary N) is 2. The SMILES string of the molecule is CCNCc1cc(S(=O)(=O)NC(C)CC(F)(F)F)c(C)s1. The molecule has 0 amide bonds. The zero-order valence-electron chi connectivity index (χ0n) is 12.0. The summed E-state index contributed by atoms with van der Waals surface area (Å²) < 4.78 is 63.2. The van der Waals surface area contributed by atoms with Crippen molar-refractivity contribution in [1.29, 1.82) is 0 Å². The number of hydrogen-bond donors (Lipinski definition) is 2. The summed E-state index contributed by atoms with van der Waals surface area (Å²) in [7, 11) is -3.93. The fourth-order valence-corrected chi connectivity index (χ4v) is 4.69. The summed E-state index contributed by atoms with van der Waals surface area (Å²) in [6.07, 6.45) is -5.60. The fourth-order valence-electron chi connectivity index (χ4n) is 1.84. The number of thiophene rings is 1. The molecule has 0 radical (unpaired) electrons. The molecule has 0 aromatic carbocycles. The largest absolute Gasteiger partial charge is 0.390 e. The monoisotopic (exact) mass is 344 g/mol. The molecule has 0 saturated heterocycles. The molecule has 0 saturated carbocycles. The molecule has 1 rings (SSSR count). The number of halogens is 3. The second-order valence-corrected chi connectivity index (χ2v) is 7.78. The molecule has 1 aromatic heterocycles. The van der Waals surface area contributed by atoms with Crippen LogP contribution < -0.4 is 10.0 Å². The lowest BCUT2D eigenvalue weighted by molar-refractivity contribution is -0.137. The van der Waals surface area contributed by atoms with Crippen LogP contribution in [-0.4, -0.2) is 27.2 Å². The van der Waals surface area contributed by atoms with Crippen LogP contribution in [0, 0.1) is 6.92 Å². The first-order valence-corrected chi connectivity index (χ1v) is 8.74. The van der Waals surface area contributed by atoms with Crippen LogP contribution in [0.2, 0.25) is 0 Å². The highest BCUT2D eigenvalue weighted by Gasteiger charge is 2.32. The molecular weight excluding hydrogens is 325 g/mol. The lowest BCUT2D eigenvalue weighted by atomic mass is 10.2. The Hall–Kier alpha value is -0.640. The number of sulfonamides is 1. The summed E-state index contributed by atoms with van der Waals surface area (Å²) in [5.41, 5.74) is 0. The van der Waals surface area contributed by atoms with E-state index in [1.807, 2.05) is 6.92 Å². The summed E-state index contributed by atoms with van der Waals surface area (Å²) >= 11 is 1.32. The molecule has 0 spiro atoms. The van der Waals surface area contributed by atoms with Crippen molar-refractivity contribution in [2.45, 2.75) is 50.9 Å². The summed E-state index contributed by atoms with van der Waals surface area (Å²) in [6, 6.07) is 0.303. The van der Waals surface area contributed by atoms with Crippen LogP contribution in [0.1, 0.15) is 30.0 Å². The number of aryl methyl sites for hydroxylation is 1. The summed E-state index contributed by atoms with van der Waals surface area (Å²) in [5, 5.41) is 3.07. The summed E-state index contributed by atoms with van der Waals surface area (Å²) in [5.74, 6) is 0. The molecule has 1 aromatic rings. The molecule has 2 N–H and O–H groups in total. The Bertz CT molecular complexity index is 568. The van der Waals surface area contributed by atoms with Gasteiger partial charge in [-0.15, -0.1) is 11.3 Å². The van der Waals surface area contributed by atoms with E-state index in [0.29, 0.717) is 11.4 Å². The van der Waals surface area contributed by atoms with Gasteiger partial charge < -0.3 is 5.32 Å². The topological polar surface area (TPSA) is 58.2 Å². The van der Waals surface area contributed by atoms with Gasteiger partial charge in [0.15, 0.2) is 0 Å². The van der Waals surface area contributed by atoms with E-state index < -0.39 is 28.7 Å². The Morgan fingerprint density at radius 2 is 2.00 bits per heavy atom. The van der Waals surface area contributed by atoms with Gasteiger partial charge in [-0.05, 0) is 26.5 Å². The Kier molecular flexibility index (Phi) is 6.21. The van der Waals surface area contributed by atoms with Crippen LogP contribution in [0.4, 0.5) is 13.2 Å². The number of alkyl halides is 3. The van der Waals surface area contributed by atoms with Gasteiger partial charge in [-0.25, -0.2) is 13.1 Å². The smallest absolute Gasteiger partial charge is 0.312 e. The van der Waals surface area contributed by atoms with Gasteiger partial charge in [0.1, 0.15) is 0 Å². The van der Waals surface area contributed by atoms with Crippen LogP contribution in [-0.2, 0) is 16.6 Å². The highest BCUT2D eigenvalue weighted by atomic mass is 32.2. The molecule has 9 heteroatoms. The van der Waals surface area contributed by atoms with Crippen LogP contribution in [0.25, 0.3) is 0 Å². The lowest BCUT2D eigenvalue weighted by Crippen LogP contribution is -2.36. The average Bonchev–Trinajstić information content (AvgIpc) is 2.65. The van der Waals surface area contributed by atoms with Crippen LogP contribution in [0.5, 0.6) is 0 Å². The third-order valence-corrected chi connectivity index (χ3v) is 5.55. The Morgan fingerprint density at radius 3 is 2.52 bits per heavy atom. The van der Waals surface area contributed by atoms with Crippen molar-refractivity contribution < 1.29 is 21.6 Å². The van der Waals surface area contributed by atoms with Gasteiger partial charge in [0, 0.05) is 22.3 Å². The van der Waals surface area contributed by atoms with E-state index >= 15 is 0 Å². The van der Waals surface area contributed by atoms with Crippen LogP contribution in [0.3, 0.4) is 0 Å². The zero-order chi connectivity index (χ0) is 16.3. The van der Waals surface area contributed by atoms with Crippen molar-refractivity contribution in [1.82, 2.24) is 10.0 Å². The second kappa shape index (κ2) is 7.08. The summed E-state index contributed by atoms with van der Waals surface area (Å²) in [4.78, 5) is 1.45. The molecule has 1 atom stereocenters. The maximum Gasteiger partial charge on any atom is 0.390 e. The third-order valence-electron chi connectivity index (χ3n) is 2.66. The fraction of sp³-hybridized carbons (Fsp3) is 0.667. The Morgan fingerprint density at radius 1 is 1.38 bits per heavy atom. The van der Waals surface area contributed by atoms with E-state index in [4.69, 9.17) is 0 Å². The van der Waals surface area contributed by atoms with Crippen molar-refractivity contribution in [3.63, 3.8) is 0 Å². The van der Waals surface area contributed by atoms with Crippen LogP contribution in [0.15, 0.2) is 11.0 Å². The molecule has 1 heterocycles. The first-order chi connectivity index (χ1) is 9.55. The first-order valence-electron chi connectivity index (χ1n) is 6.44. The predicted octanol–water partition coefficient (Wildman–Crippen LogP) is 2.79. The quantitative estimate of drug-likeness (QED) is 0.800. The molecule has 0 aliphatic rings. The minimum Gasteiger partial charge on any atom is -0.312 e. The number of rotatable bonds is 7. The van der Waals surface area contributed by atoms with Gasteiger partial charge in [-0.1, -0.05) is 6.92 Å². The molecular formula is C12H19F3N2O2S2. The number of hydrogen-bond acceptors (Lipinski definition) is 4. The second-order valence-electron chi connectivity index (χ2n) is 4.76. The standard InChI is InChI=1S/C12H19F3N2O2S2/c1-4-16-7-10-5-11(9(3)20-10)21(18,19)17-8(2)6-12(13,14)15/h5,8,16-17H,4,6-7H2,1-3H3. The molecule has 21 heavy (non-hydrogen) atoms. The van der Waals surface area contributed by atoms with E-state index in [1.165, 1.54) is 24.3 Å².